The number of nitrogens with two attached hydrogens (primary N) is 1. The maximum absolute atomic E-state index is 8.36. The molecule has 1 aromatic carbocycles. The van der Waals surface area contributed by atoms with Crippen LogP contribution in [-0.2, 0) is 0 Å². The van der Waals surface area contributed by atoms with Gasteiger partial charge in [-0.15, -0.1) is 10.1 Å². The summed E-state index contributed by atoms with van der Waals surface area (Å²) in [4.78, 5) is 10.0. The zero-order valence-electron chi connectivity index (χ0n) is 10.6. The van der Waals surface area contributed by atoms with Gasteiger partial charge in [0.05, 0.1) is 0 Å². The van der Waals surface area contributed by atoms with Gasteiger partial charge in [-0.1, -0.05) is 11.6 Å². The Labute approximate surface area is 120 Å². The lowest BCUT2D eigenvalue weighted by Crippen LogP contribution is -2.46. The summed E-state index contributed by atoms with van der Waals surface area (Å²) < 4.78 is 0. The summed E-state index contributed by atoms with van der Waals surface area (Å²) in [6.07, 6.45) is 0. The van der Waals surface area contributed by atoms with Crippen LogP contribution in [-0.4, -0.2) is 28.8 Å². The lowest BCUT2D eigenvalue weighted by molar-refractivity contribution is -0.742. The molecule has 0 saturated heterocycles. The van der Waals surface area contributed by atoms with Crippen molar-refractivity contribution in [2.24, 2.45) is 5.73 Å². The van der Waals surface area contributed by atoms with Crippen molar-refractivity contribution in [3.63, 3.8) is 0 Å². The molecule has 0 heterocycles. The van der Waals surface area contributed by atoms with E-state index in [4.69, 9.17) is 43.5 Å². The maximum Gasteiger partial charge on any atom is 0.291 e. The molecule has 0 aliphatic rings. The van der Waals surface area contributed by atoms with Crippen LogP contribution in [0.15, 0.2) is 24.3 Å². The zero-order chi connectivity index (χ0) is 15.7. The third-order valence-electron chi connectivity index (χ3n) is 1.98. The molecule has 6 N–H and O–H groups in total. The van der Waals surface area contributed by atoms with E-state index < -0.39 is 5.09 Å². The smallest absolute Gasteiger partial charge is 0.291 e. The molecule has 9 nitrogen and oxygen atoms in total. The van der Waals surface area contributed by atoms with Crippen molar-refractivity contribution in [2.75, 3.05) is 11.4 Å². The summed E-state index contributed by atoms with van der Waals surface area (Å²) in [5.41, 5.74) is 6.00. The van der Waals surface area contributed by atoms with E-state index in [9.17, 15) is 0 Å². The summed E-state index contributed by atoms with van der Waals surface area (Å²) >= 11 is 5.78. The molecule has 0 aliphatic carbocycles. The second-order valence-corrected chi connectivity index (χ2v) is 3.78. The van der Waals surface area contributed by atoms with Crippen LogP contribution in [0.4, 0.5) is 5.69 Å². The highest BCUT2D eigenvalue weighted by Gasteiger charge is 2.10. The SMILES string of the molecule is CCN(C(=N)NC(=N)N)c1ccc(Cl)cc1.O=[N+]([O-])O. The molecular weight excluding hydrogens is 288 g/mol. The molecule has 1 rings (SSSR count). The lowest BCUT2D eigenvalue weighted by Gasteiger charge is -2.23. The van der Waals surface area contributed by atoms with Crippen molar-refractivity contribution in [3.05, 3.63) is 39.4 Å². The lowest BCUT2D eigenvalue weighted by atomic mass is 10.3. The molecule has 1 aromatic rings. The van der Waals surface area contributed by atoms with Gasteiger partial charge in [-0.05, 0) is 31.2 Å². The number of nitrogens with zero attached hydrogens (tertiary/aromatic N) is 2. The van der Waals surface area contributed by atoms with Crippen LogP contribution < -0.4 is 16.0 Å². The van der Waals surface area contributed by atoms with Crippen LogP contribution in [0.2, 0.25) is 5.02 Å². The van der Waals surface area contributed by atoms with Crippen molar-refractivity contribution < 1.29 is 10.3 Å². The van der Waals surface area contributed by atoms with Gasteiger partial charge in [0.25, 0.3) is 5.09 Å². The van der Waals surface area contributed by atoms with Crippen LogP contribution in [0.25, 0.3) is 0 Å². The number of nitrogens with one attached hydrogen (secondary N) is 3. The monoisotopic (exact) mass is 302 g/mol. The summed E-state index contributed by atoms with van der Waals surface area (Å²) in [6.45, 7) is 2.51. The average molecular weight is 303 g/mol. The van der Waals surface area contributed by atoms with Gasteiger partial charge in [0.15, 0.2) is 5.96 Å². The third-order valence-corrected chi connectivity index (χ3v) is 2.23. The highest BCUT2D eigenvalue weighted by atomic mass is 35.5. The van der Waals surface area contributed by atoms with Gasteiger partial charge >= 0.3 is 0 Å². The predicted molar refractivity (Wildman–Crippen MR) is 76.0 cm³/mol. The van der Waals surface area contributed by atoms with E-state index >= 15 is 0 Å². The molecule has 0 aromatic heterocycles. The van der Waals surface area contributed by atoms with Gasteiger partial charge in [-0.25, -0.2) is 0 Å². The fourth-order valence-electron chi connectivity index (χ4n) is 1.29. The minimum absolute atomic E-state index is 0.0670. The zero-order valence-corrected chi connectivity index (χ0v) is 11.4. The van der Waals surface area contributed by atoms with Crippen molar-refractivity contribution in [3.8, 4) is 0 Å². The van der Waals surface area contributed by atoms with Crippen molar-refractivity contribution in [1.29, 1.82) is 10.8 Å². The van der Waals surface area contributed by atoms with E-state index in [0.717, 1.165) is 5.69 Å². The quantitative estimate of drug-likeness (QED) is 0.240. The minimum Gasteiger partial charge on any atom is -0.370 e. The molecule has 0 radical (unpaired) electrons. The number of rotatable bonds is 2. The highest BCUT2D eigenvalue weighted by Crippen LogP contribution is 2.17. The Balaban J connectivity index is 0.000000796. The summed E-state index contributed by atoms with van der Waals surface area (Å²) in [5, 5.41) is 31.5. The molecule has 0 atom stereocenters. The third kappa shape index (κ3) is 7.01. The second-order valence-electron chi connectivity index (χ2n) is 3.35. The van der Waals surface area contributed by atoms with Gasteiger partial charge in [-0.2, -0.15) is 0 Å². The molecule has 0 unspecified atom stereocenters. The normalized spacial score (nSPS) is 8.90. The van der Waals surface area contributed by atoms with Gasteiger partial charge in [0, 0.05) is 17.3 Å². The summed E-state index contributed by atoms with van der Waals surface area (Å²) in [5.74, 6) is -0.185. The predicted octanol–water partition coefficient (Wildman–Crippen LogP) is 1.24. The molecule has 0 saturated carbocycles. The van der Waals surface area contributed by atoms with E-state index in [1.807, 2.05) is 19.1 Å². The molecule has 0 fully saturated rings. The van der Waals surface area contributed by atoms with Crippen LogP contribution >= 0.6 is 11.6 Å². The Kier molecular flexibility index (Phi) is 7.45. The first kappa shape index (κ1) is 17.4. The van der Waals surface area contributed by atoms with Gasteiger partial charge in [0.2, 0.25) is 5.96 Å². The largest absolute Gasteiger partial charge is 0.370 e. The number of anilines is 1. The first-order valence-electron chi connectivity index (χ1n) is 5.33. The van der Waals surface area contributed by atoms with Gasteiger partial charge in [-0.3, -0.25) is 16.1 Å². The van der Waals surface area contributed by atoms with E-state index in [1.165, 1.54) is 0 Å². The van der Waals surface area contributed by atoms with Crippen LogP contribution in [0.3, 0.4) is 0 Å². The van der Waals surface area contributed by atoms with Gasteiger partial charge < -0.3 is 15.8 Å². The molecule has 20 heavy (non-hydrogen) atoms. The topological polar surface area (TPSA) is 152 Å². The number of halogens is 1. The molecular formula is C10H15ClN6O3. The fraction of sp³-hybridized carbons (Fsp3) is 0.200. The highest BCUT2D eigenvalue weighted by molar-refractivity contribution is 6.30. The van der Waals surface area contributed by atoms with Crippen molar-refractivity contribution in [2.45, 2.75) is 6.92 Å². The molecule has 0 aliphatic heterocycles. The molecule has 0 spiro atoms. The average Bonchev–Trinajstić information content (AvgIpc) is 2.30. The van der Waals surface area contributed by atoms with Crippen LogP contribution in [0.1, 0.15) is 6.92 Å². The van der Waals surface area contributed by atoms with Crippen molar-refractivity contribution >= 4 is 29.2 Å². The second kappa shape index (κ2) is 8.53. The van der Waals surface area contributed by atoms with Crippen LogP contribution in [0.5, 0.6) is 0 Å². The maximum atomic E-state index is 8.36. The number of guanidine groups is 2. The molecule has 110 valence electrons. The Morgan fingerprint density at radius 2 is 1.95 bits per heavy atom. The molecule has 10 heteroatoms. The standard InChI is InChI=1S/C10H14ClN5.HNO3/c1-2-16(10(14)15-9(12)13)8-5-3-7(11)4-6-8;2-1(3)4/h3-6H,2H2,1H3,(H5,12,13,14,15);(H,2,3,4). The fourth-order valence-corrected chi connectivity index (χ4v) is 1.41. The van der Waals surface area contributed by atoms with Crippen molar-refractivity contribution in [1.82, 2.24) is 5.32 Å². The number of hydrogen-bond acceptors (Lipinski definition) is 4. The molecule has 0 amide bonds. The number of hydrogen-bond donors (Lipinski definition) is 5. The Morgan fingerprint density at radius 3 is 2.30 bits per heavy atom. The Bertz CT molecular complexity index is 474. The minimum atomic E-state index is -1.50. The molecule has 0 bridgehead atoms. The van der Waals surface area contributed by atoms with E-state index in [2.05, 4.69) is 5.32 Å². The van der Waals surface area contributed by atoms with Gasteiger partial charge in [0.1, 0.15) is 0 Å². The van der Waals surface area contributed by atoms with E-state index in [-0.39, 0.29) is 11.9 Å². The number of benzene rings is 1. The van der Waals surface area contributed by atoms with Crippen LogP contribution in [0, 0.1) is 20.9 Å². The Morgan fingerprint density at radius 1 is 1.50 bits per heavy atom. The Hall–Kier alpha value is -2.55. The summed E-state index contributed by atoms with van der Waals surface area (Å²) in [7, 11) is 0. The summed E-state index contributed by atoms with van der Waals surface area (Å²) in [6, 6.07) is 7.12. The first-order valence-corrected chi connectivity index (χ1v) is 5.71. The van der Waals surface area contributed by atoms with E-state index in [1.54, 1.807) is 17.0 Å². The van der Waals surface area contributed by atoms with E-state index in [0.29, 0.717) is 11.6 Å². The first-order chi connectivity index (χ1) is 9.27.